The SMILES string of the molecule is CC=O.CCCCC.C[C@]12CCc3n[nH]nc3CC[C@H]1[C@H]2COC(=O)NCCOCCOCCCC(=O)c1ccc(C(c2ccccn2)N2CCOCCOCCN(Cc3cccc(C(=O)O)n3)CCOCCOCC2)cc1.O=C=O. The van der Waals surface area contributed by atoms with Crippen molar-refractivity contribution in [2.45, 2.75) is 98.1 Å². The number of aldehydes is 1. The Kier molecular flexibility index (Phi) is 33.3. The summed E-state index contributed by atoms with van der Waals surface area (Å²) >= 11 is 0. The van der Waals surface area contributed by atoms with E-state index >= 15 is 0 Å². The Morgan fingerprint density at radius 1 is 0.815 bits per heavy atom. The standard InChI is InChI=1S/C51H70N8O11.C5H12.C2H4O.CO2/c1-51-17-16-44-43(55-57-56-44)15-14-41(51)42(51)37-70-50(63)53-19-25-65-31-30-64-24-5-9-47(60)38-10-12-39(13-11-38)48(45-7-2-3-18-52-45)59-22-28-68-34-32-66-26-20-58(21-27-67-33-35-69-29-23-59)36-40-6-4-8-46(54-40)49(61)62;1-3-5-4-2;1-2-3;2-1-3/h2-4,6-8,10-13,18,41-42,48H,5,9,14-17,19-37H2,1H3,(H,53,63)(H,61,62)(H,55,56,57);3-5H2,1-2H3;2H,1H3;/t41-,42+,48?,51-;;;/m0.../s1. The molecule has 446 valence electrons. The Balaban J connectivity index is 0.00000118. The number of hydrogen-bond donors (Lipinski definition) is 3. The molecule has 81 heavy (non-hydrogen) atoms. The molecule has 1 saturated heterocycles. The fourth-order valence-corrected chi connectivity index (χ4v) is 9.83. The number of aromatic amines is 1. The minimum Gasteiger partial charge on any atom is -0.477 e. The van der Waals surface area contributed by atoms with Gasteiger partial charge in [0.2, 0.25) is 0 Å². The average molecular weight is 1130 g/mol. The monoisotopic (exact) mass is 1130 g/mol. The number of aromatic carboxylic acids is 1. The van der Waals surface area contributed by atoms with Gasteiger partial charge in [0.05, 0.1) is 108 Å². The van der Waals surface area contributed by atoms with Crippen molar-refractivity contribution in [2.24, 2.45) is 17.3 Å². The molecule has 0 spiro atoms. The molecule has 1 unspecified atom stereocenters. The zero-order valence-electron chi connectivity index (χ0n) is 47.9. The first kappa shape index (κ1) is 67.3. The van der Waals surface area contributed by atoms with Gasteiger partial charge in [-0.3, -0.25) is 19.6 Å². The van der Waals surface area contributed by atoms with E-state index in [9.17, 15) is 19.5 Å². The van der Waals surface area contributed by atoms with Gasteiger partial charge in [0.15, 0.2) is 5.78 Å². The first-order chi connectivity index (χ1) is 39.5. The maximum Gasteiger partial charge on any atom is 0.407 e. The third kappa shape index (κ3) is 25.2. The van der Waals surface area contributed by atoms with Crippen molar-refractivity contribution in [1.29, 1.82) is 0 Å². The molecule has 1 aromatic carbocycles. The van der Waals surface area contributed by atoms with Crippen molar-refractivity contribution in [3.8, 4) is 0 Å². The number of fused-ring (bicyclic) bond motifs is 2. The van der Waals surface area contributed by atoms with E-state index in [1.807, 2.05) is 48.5 Å². The van der Waals surface area contributed by atoms with Crippen LogP contribution in [0.15, 0.2) is 66.9 Å². The summed E-state index contributed by atoms with van der Waals surface area (Å²) in [6.07, 6.45) is 11.2. The number of alkyl carbamates (subject to hydrolysis) is 1. The second-order valence-corrected chi connectivity index (χ2v) is 19.8. The second-order valence-electron chi connectivity index (χ2n) is 19.8. The Morgan fingerprint density at radius 3 is 2.02 bits per heavy atom. The van der Waals surface area contributed by atoms with Gasteiger partial charge in [-0.1, -0.05) is 76.4 Å². The number of amides is 1. The molecule has 22 nitrogen and oxygen atoms in total. The van der Waals surface area contributed by atoms with Crippen LogP contribution in [0.1, 0.15) is 128 Å². The van der Waals surface area contributed by atoms with E-state index in [1.54, 1.807) is 12.3 Å². The van der Waals surface area contributed by atoms with Crippen LogP contribution in [0.2, 0.25) is 0 Å². The first-order valence-electron chi connectivity index (χ1n) is 28.4. The molecular formula is C59H86N8O14. The lowest BCUT2D eigenvalue weighted by Crippen LogP contribution is -2.36. The third-order valence-electron chi connectivity index (χ3n) is 14.2. The number of rotatable bonds is 21. The molecule has 4 heterocycles. The van der Waals surface area contributed by atoms with Gasteiger partial charge in [0.25, 0.3) is 0 Å². The average Bonchev–Trinajstić information content (AvgIpc) is 3.77. The zero-order chi connectivity index (χ0) is 58.3. The summed E-state index contributed by atoms with van der Waals surface area (Å²) in [4.78, 5) is 75.5. The number of nitrogens with zero attached hydrogens (tertiary/aromatic N) is 6. The number of ketones is 1. The molecule has 1 saturated carbocycles. The van der Waals surface area contributed by atoms with Crippen LogP contribution in [0.5, 0.6) is 0 Å². The molecule has 3 aromatic heterocycles. The summed E-state index contributed by atoms with van der Waals surface area (Å²) < 4.78 is 40.9. The van der Waals surface area contributed by atoms with E-state index in [0.29, 0.717) is 161 Å². The lowest BCUT2D eigenvalue weighted by atomic mass is 9.92. The van der Waals surface area contributed by atoms with Crippen molar-refractivity contribution >= 4 is 30.3 Å². The number of benzene rings is 1. The van der Waals surface area contributed by atoms with Crippen LogP contribution in [-0.2, 0) is 66.9 Å². The Hall–Kier alpha value is -6.20. The zero-order valence-corrected chi connectivity index (χ0v) is 47.9. The van der Waals surface area contributed by atoms with Gasteiger partial charge < -0.3 is 48.4 Å². The summed E-state index contributed by atoms with van der Waals surface area (Å²) in [6, 6.07) is 18.5. The molecule has 4 aromatic rings. The summed E-state index contributed by atoms with van der Waals surface area (Å²) in [5, 5.41) is 23.5. The van der Waals surface area contributed by atoms with Crippen LogP contribution in [0.4, 0.5) is 4.79 Å². The van der Waals surface area contributed by atoms with Crippen molar-refractivity contribution in [1.82, 2.24) is 40.5 Å². The molecule has 0 bridgehead atoms. The highest BCUT2D eigenvalue weighted by molar-refractivity contribution is 5.96. The number of carboxylic acids is 1. The predicted octanol–water partition coefficient (Wildman–Crippen LogP) is 6.64. The Bertz CT molecular complexity index is 2390. The maximum atomic E-state index is 13.2. The number of hydrogen-bond acceptors (Lipinski definition) is 19. The van der Waals surface area contributed by atoms with Gasteiger partial charge >= 0.3 is 18.2 Å². The molecular weight excluding hydrogens is 1040 g/mol. The molecule has 0 radical (unpaired) electrons. The minimum atomic E-state index is -1.06. The number of carbonyl (C=O) groups excluding carboxylic acids is 5. The number of unbranched alkanes of at least 4 members (excludes halogenated alkanes) is 2. The van der Waals surface area contributed by atoms with Gasteiger partial charge in [-0.05, 0) is 80.2 Å². The van der Waals surface area contributed by atoms with Crippen LogP contribution >= 0.6 is 0 Å². The van der Waals surface area contributed by atoms with Crippen LogP contribution < -0.4 is 5.32 Å². The molecule has 3 N–H and O–H groups in total. The van der Waals surface area contributed by atoms with Crippen molar-refractivity contribution < 1.29 is 67.0 Å². The molecule has 1 aliphatic heterocycles. The second kappa shape index (κ2) is 40.1. The van der Waals surface area contributed by atoms with E-state index in [4.69, 9.17) is 52.5 Å². The molecule has 2 aliphatic carbocycles. The van der Waals surface area contributed by atoms with Gasteiger partial charge in [-0.15, -0.1) is 0 Å². The molecule has 2 fully saturated rings. The maximum absolute atomic E-state index is 13.2. The van der Waals surface area contributed by atoms with Crippen molar-refractivity contribution in [3.05, 3.63) is 106 Å². The summed E-state index contributed by atoms with van der Waals surface area (Å²) in [5.74, 6) is -0.118. The number of carboxylic acid groups (broad SMARTS) is 1. The quantitative estimate of drug-likeness (QED) is 0.0448. The Morgan fingerprint density at radius 2 is 1.43 bits per heavy atom. The van der Waals surface area contributed by atoms with E-state index in [0.717, 1.165) is 54.6 Å². The summed E-state index contributed by atoms with van der Waals surface area (Å²) in [5.41, 5.74) is 5.50. The predicted molar refractivity (Wildman–Crippen MR) is 298 cm³/mol. The minimum absolute atomic E-state index is 0.0173. The normalized spacial score (nSPS) is 19.5. The molecule has 22 heteroatoms. The largest absolute Gasteiger partial charge is 0.477 e. The number of nitrogens with one attached hydrogen (secondary N) is 2. The fraction of sp³-hybridized carbons (Fsp3) is 0.610. The van der Waals surface area contributed by atoms with Crippen LogP contribution in [-0.4, -0.2) is 189 Å². The highest BCUT2D eigenvalue weighted by Gasteiger charge is 2.60. The fourth-order valence-electron chi connectivity index (χ4n) is 9.83. The number of pyridine rings is 2. The van der Waals surface area contributed by atoms with Gasteiger partial charge in [0, 0.05) is 70.0 Å². The molecule has 1 amide bonds. The van der Waals surface area contributed by atoms with Crippen molar-refractivity contribution in [2.75, 3.05) is 119 Å². The van der Waals surface area contributed by atoms with Crippen molar-refractivity contribution in [3.63, 3.8) is 0 Å². The number of ether oxygens (including phenoxy) is 7. The highest BCUT2D eigenvalue weighted by atomic mass is 16.6. The summed E-state index contributed by atoms with van der Waals surface area (Å²) in [7, 11) is 0. The van der Waals surface area contributed by atoms with E-state index in [1.165, 1.54) is 32.3 Å². The van der Waals surface area contributed by atoms with Gasteiger partial charge in [0.1, 0.15) is 12.0 Å². The Labute approximate surface area is 476 Å². The number of aryl methyl sites for hydroxylation is 2. The third-order valence-corrected chi connectivity index (χ3v) is 14.2. The van der Waals surface area contributed by atoms with Gasteiger partial charge in [-0.25, -0.2) is 14.6 Å². The molecule has 4 atom stereocenters. The number of H-pyrrole nitrogens is 1. The van der Waals surface area contributed by atoms with Crippen LogP contribution in [0, 0.1) is 17.3 Å². The van der Waals surface area contributed by atoms with E-state index < -0.39 is 12.1 Å². The topological polar surface area (TPSA) is 273 Å². The highest BCUT2D eigenvalue weighted by Crippen LogP contribution is 2.63. The lowest BCUT2D eigenvalue weighted by molar-refractivity contribution is -0.191. The molecule has 7 rings (SSSR count). The first-order valence-corrected chi connectivity index (χ1v) is 28.4. The molecule has 3 aliphatic rings. The summed E-state index contributed by atoms with van der Waals surface area (Å²) in [6.45, 7) is 16.9. The number of carbonyl (C=O) groups is 4. The van der Waals surface area contributed by atoms with E-state index in [-0.39, 0.29) is 29.1 Å². The van der Waals surface area contributed by atoms with Crippen LogP contribution in [0.25, 0.3) is 0 Å². The lowest BCUT2D eigenvalue weighted by Gasteiger charge is -2.32. The number of Topliss-reactive ketones (excluding diaryl/α,β-unsaturated/α-hetero) is 1. The smallest absolute Gasteiger partial charge is 0.407 e. The van der Waals surface area contributed by atoms with E-state index in [2.05, 4.69) is 56.3 Å². The van der Waals surface area contributed by atoms with Gasteiger partial charge in [-0.2, -0.15) is 25.0 Å². The van der Waals surface area contributed by atoms with Crippen LogP contribution in [0.3, 0.4) is 0 Å². The number of aromatic nitrogens is 5.